The number of amides is 2. The van der Waals surface area contributed by atoms with Gasteiger partial charge in [-0.15, -0.1) is 0 Å². The second-order valence-electron chi connectivity index (χ2n) is 6.80. The van der Waals surface area contributed by atoms with Gasteiger partial charge in [0.15, 0.2) is 0 Å². The van der Waals surface area contributed by atoms with E-state index in [9.17, 15) is 9.59 Å². The molecule has 2 heterocycles. The molecule has 7 heteroatoms. The molecule has 0 aromatic heterocycles. The molecule has 2 aliphatic heterocycles. The molecule has 2 aliphatic rings. The predicted molar refractivity (Wildman–Crippen MR) is 105 cm³/mol. The average Bonchev–Trinajstić information content (AvgIpc) is 3.16. The molecule has 1 fully saturated rings. The number of anilines is 1. The summed E-state index contributed by atoms with van der Waals surface area (Å²) in [6.07, 6.45) is 4.11. The number of hydrogen-bond acceptors (Lipinski definition) is 5. The Morgan fingerprint density at radius 1 is 1.18 bits per heavy atom. The van der Waals surface area contributed by atoms with Crippen LogP contribution in [0.3, 0.4) is 0 Å². The van der Waals surface area contributed by atoms with Crippen molar-refractivity contribution in [2.24, 2.45) is 0 Å². The van der Waals surface area contributed by atoms with Crippen LogP contribution >= 0.6 is 0 Å². The number of hydrogen-bond donors (Lipinski definition) is 2. The second kappa shape index (κ2) is 7.74. The zero-order valence-corrected chi connectivity index (χ0v) is 15.5. The fraction of sp³-hybridized carbons (Fsp3) is 0.238. The van der Waals surface area contributed by atoms with Crippen molar-refractivity contribution in [1.29, 1.82) is 0 Å². The summed E-state index contributed by atoms with van der Waals surface area (Å²) >= 11 is 0. The number of carbonyl (C=O) groups is 2. The van der Waals surface area contributed by atoms with Crippen molar-refractivity contribution in [3.05, 3.63) is 72.6 Å². The number of hydrazine groups is 1. The van der Waals surface area contributed by atoms with E-state index in [4.69, 9.17) is 4.74 Å². The smallest absolute Gasteiger partial charge is 0.251 e. The SMILES string of the molecule is COc1cccc(NC(=O)CN2C=CN3NC(c4ccccc4)CC3C2=O)c1. The van der Waals surface area contributed by atoms with Crippen LogP contribution in [0, 0.1) is 0 Å². The molecule has 2 unspecified atom stereocenters. The normalized spacial score (nSPS) is 20.8. The Morgan fingerprint density at radius 2 is 2.00 bits per heavy atom. The third-order valence-corrected chi connectivity index (χ3v) is 4.94. The lowest BCUT2D eigenvalue weighted by atomic mass is 10.0. The van der Waals surface area contributed by atoms with Gasteiger partial charge in [0.05, 0.1) is 13.2 Å². The van der Waals surface area contributed by atoms with Gasteiger partial charge in [0.2, 0.25) is 5.91 Å². The van der Waals surface area contributed by atoms with Gasteiger partial charge in [-0.1, -0.05) is 36.4 Å². The second-order valence-corrected chi connectivity index (χ2v) is 6.80. The molecule has 2 aromatic carbocycles. The van der Waals surface area contributed by atoms with Crippen LogP contribution in [-0.2, 0) is 9.59 Å². The number of nitrogens with zero attached hydrogens (tertiary/aromatic N) is 2. The van der Waals surface area contributed by atoms with E-state index in [1.54, 1.807) is 37.6 Å². The molecule has 0 bridgehead atoms. The van der Waals surface area contributed by atoms with E-state index >= 15 is 0 Å². The van der Waals surface area contributed by atoms with Gasteiger partial charge in [-0.3, -0.25) is 9.59 Å². The van der Waals surface area contributed by atoms with Gasteiger partial charge in [-0.2, -0.15) is 0 Å². The first-order chi connectivity index (χ1) is 13.6. The Morgan fingerprint density at radius 3 is 2.79 bits per heavy atom. The van der Waals surface area contributed by atoms with Gasteiger partial charge >= 0.3 is 0 Å². The lowest BCUT2D eigenvalue weighted by Crippen LogP contribution is -2.49. The summed E-state index contributed by atoms with van der Waals surface area (Å²) in [4.78, 5) is 26.7. The van der Waals surface area contributed by atoms with Gasteiger partial charge in [0, 0.05) is 24.2 Å². The summed E-state index contributed by atoms with van der Waals surface area (Å²) in [5.41, 5.74) is 5.12. The minimum Gasteiger partial charge on any atom is -0.497 e. The number of rotatable bonds is 5. The van der Waals surface area contributed by atoms with E-state index in [1.807, 2.05) is 41.5 Å². The third-order valence-electron chi connectivity index (χ3n) is 4.94. The fourth-order valence-corrected chi connectivity index (χ4v) is 3.53. The lowest BCUT2D eigenvalue weighted by Gasteiger charge is -2.31. The molecule has 144 valence electrons. The van der Waals surface area contributed by atoms with Crippen molar-refractivity contribution in [3.63, 3.8) is 0 Å². The zero-order chi connectivity index (χ0) is 19.5. The van der Waals surface area contributed by atoms with Crippen LogP contribution in [0.5, 0.6) is 5.75 Å². The molecule has 2 amide bonds. The Hall–Kier alpha value is -3.32. The summed E-state index contributed by atoms with van der Waals surface area (Å²) in [5, 5.41) is 4.63. The molecule has 7 nitrogen and oxygen atoms in total. The van der Waals surface area contributed by atoms with E-state index in [1.165, 1.54) is 4.90 Å². The van der Waals surface area contributed by atoms with Crippen LogP contribution in [0.25, 0.3) is 0 Å². The number of benzene rings is 2. The molecule has 2 atom stereocenters. The van der Waals surface area contributed by atoms with Crippen molar-refractivity contribution in [2.75, 3.05) is 19.0 Å². The van der Waals surface area contributed by atoms with Gasteiger partial charge < -0.3 is 20.0 Å². The first-order valence-electron chi connectivity index (χ1n) is 9.16. The summed E-state index contributed by atoms with van der Waals surface area (Å²) in [7, 11) is 1.57. The van der Waals surface area contributed by atoms with Crippen LogP contribution in [0.2, 0.25) is 0 Å². The van der Waals surface area contributed by atoms with Crippen molar-refractivity contribution in [1.82, 2.24) is 15.3 Å². The molecule has 0 saturated carbocycles. The van der Waals surface area contributed by atoms with Gasteiger partial charge in [0.25, 0.3) is 5.91 Å². The van der Waals surface area contributed by atoms with Crippen LogP contribution < -0.4 is 15.5 Å². The van der Waals surface area contributed by atoms with Gasteiger partial charge in [-0.05, 0) is 24.1 Å². The zero-order valence-electron chi connectivity index (χ0n) is 15.5. The highest BCUT2D eigenvalue weighted by molar-refractivity contribution is 5.96. The van der Waals surface area contributed by atoms with E-state index in [0.717, 1.165) is 5.56 Å². The van der Waals surface area contributed by atoms with Crippen molar-refractivity contribution < 1.29 is 14.3 Å². The van der Waals surface area contributed by atoms with E-state index < -0.39 is 0 Å². The molecular formula is C21H22N4O3. The number of fused-ring (bicyclic) bond motifs is 1. The highest BCUT2D eigenvalue weighted by Crippen LogP contribution is 2.30. The van der Waals surface area contributed by atoms with Gasteiger partial charge in [-0.25, -0.2) is 5.43 Å². The largest absolute Gasteiger partial charge is 0.497 e. The molecule has 0 spiro atoms. The predicted octanol–water partition coefficient (Wildman–Crippen LogP) is 2.27. The minimum atomic E-state index is -0.320. The summed E-state index contributed by atoms with van der Waals surface area (Å²) in [6.45, 7) is -0.0348. The first kappa shape index (κ1) is 18.1. The maximum absolute atomic E-state index is 12.9. The number of carbonyl (C=O) groups excluding carboxylic acids is 2. The molecule has 1 saturated heterocycles. The van der Waals surface area contributed by atoms with Crippen LogP contribution in [-0.4, -0.2) is 41.4 Å². The molecule has 2 aromatic rings. The van der Waals surface area contributed by atoms with E-state index in [0.29, 0.717) is 17.9 Å². The first-order valence-corrected chi connectivity index (χ1v) is 9.16. The maximum atomic E-state index is 12.9. The van der Waals surface area contributed by atoms with E-state index in [2.05, 4.69) is 10.7 Å². The summed E-state index contributed by atoms with van der Waals surface area (Å²) < 4.78 is 5.16. The summed E-state index contributed by atoms with van der Waals surface area (Å²) in [6, 6.07) is 16.9. The fourth-order valence-electron chi connectivity index (χ4n) is 3.53. The molecule has 0 radical (unpaired) electrons. The minimum absolute atomic E-state index is 0.0348. The highest BCUT2D eigenvalue weighted by atomic mass is 16.5. The average molecular weight is 378 g/mol. The standard InChI is InChI=1S/C21H22N4O3/c1-28-17-9-5-8-16(12-17)22-20(26)14-24-10-11-25-19(21(24)27)13-18(23-25)15-6-3-2-4-7-15/h2-12,18-19,23H,13-14H2,1H3,(H,22,26). The van der Waals surface area contributed by atoms with Crippen LogP contribution in [0.4, 0.5) is 5.69 Å². The number of methoxy groups -OCH3 is 1. The molecule has 2 N–H and O–H groups in total. The molecule has 0 aliphatic carbocycles. The third kappa shape index (κ3) is 3.70. The topological polar surface area (TPSA) is 73.9 Å². The maximum Gasteiger partial charge on any atom is 0.251 e. The van der Waals surface area contributed by atoms with Crippen LogP contribution in [0.1, 0.15) is 18.0 Å². The monoisotopic (exact) mass is 378 g/mol. The van der Waals surface area contributed by atoms with Crippen molar-refractivity contribution in [2.45, 2.75) is 18.5 Å². The summed E-state index contributed by atoms with van der Waals surface area (Å²) in [5.74, 6) is 0.311. The van der Waals surface area contributed by atoms with Crippen molar-refractivity contribution in [3.8, 4) is 5.75 Å². The molecular weight excluding hydrogens is 356 g/mol. The Kier molecular flexibility index (Phi) is 4.99. The Labute approximate surface area is 163 Å². The Bertz CT molecular complexity index is 900. The van der Waals surface area contributed by atoms with Crippen LogP contribution in [0.15, 0.2) is 67.0 Å². The Balaban J connectivity index is 1.39. The van der Waals surface area contributed by atoms with Gasteiger partial charge in [0.1, 0.15) is 18.3 Å². The number of ether oxygens (including phenoxy) is 1. The molecule has 28 heavy (non-hydrogen) atoms. The quantitative estimate of drug-likeness (QED) is 0.835. The van der Waals surface area contributed by atoms with E-state index in [-0.39, 0.29) is 30.4 Å². The molecule has 4 rings (SSSR count). The lowest BCUT2D eigenvalue weighted by molar-refractivity contribution is -0.137. The van der Waals surface area contributed by atoms with Crippen molar-refractivity contribution >= 4 is 17.5 Å². The number of nitrogens with one attached hydrogen (secondary N) is 2. The highest BCUT2D eigenvalue weighted by Gasteiger charge is 2.40.